The molecule has 0 saturated heterocycles. The van der Waals surface area contributed by atoms with E-state index in [0.717, 1.165) is 16.8 Å². The molecule has 0 radical (unpaired) electrons. The third-order valence-electron chi connectivity index (χ3n) is 5.87. The van der Waals surface area contributed by atoms with Crippen molar-refractivity contribution in [3.05, 3.63) is 81.3 Å². The van der Waals surface area contributed by atoms with E-state index in [1.165, 1.54) is 12.1 Å². The second-order valence-corrected chi connectivity index (χ2v) is 9.45. The van der Waals surface area contributed by atoms with Crippen molar-refractivity contribution in [1.82, 2.24) is 5.32 Å². The van der Waals surface area contributed by atoms with Gasteiger partial charge in [0.05, 0.1) is 23.7 Å². The van der Waals surface area contributed by atoms with Crippen LogP contribution in [-0.4, -0.2) is 46.8 Å². The molecule has 2 amide bonds. The fourth-order valence-electron chi connectivity index (χ4n) is 4.11. The van der Waals surface area contributed by atoms with E-state index >= 15 is 0 Å². The number of benzene rings is 3. The molecule has 0 unspecified atom stereocenters. The number of halogens is 2. The fraction of sp³-hybridized carbons (Fsp3) is 0.259. The van der Waals surface area contributed by atoms with Crippen LogP contribution >= 0.6 is 23.2 Å². The number of hydrogen-bond acceptors (Lipinski definition) is 6. The molecule has 0 aliphatic rings. The van der Waals surface area contributed by atoms with Gasteiger partial charge in [-0.1, -0.05) is 47.5 Å². The number of amides is 2. The van der Waals surface area contributed by atoms with Crippen LogP contribution in [0.2, 0.25) is 10.0 Å². The Bertz CT molecular complexity index is 1250. The molecule has 0 saturated carbocycles. The molecule has 3 aromatic carbocycles. The lowest BCUT2D eigenvalue weighted by atomic mass is 10.0. The first kappa shape index (κ1) is 28.1. The lowest BCUT2D eigenvalue weighted by molar-refractivity contribution is -0.120. The molecule has 8 nitrogen and oxygen atoms in total. The van der Waals surface area contributed by atoms with Crippen LogP contribution < -0.4 is 15.5 Å². The number of nitrogens with one attached hydrogen (secondary N) is 2. The minimum Gasteiger partial charge on any atom is -0.506 e. The minimum absolute atomic E-state index is 0.0413. The van der Waals surface area contributed by atoms with Gasteiger partial charge in [0.2, 0.25) is 12.3 Å². The first-order chi connectivity index (χ1) is 17.7. The van der Waals surface area contributed by atoms with Gasteiger partial charge in [0.15, 0.2) is 0 Å². The van der Waals surface area contributed by atoms with Gasteiger partial charge in [-0.15, -0.1) is 0 Å². The molecule has 3 aromatic rings. The van der Waals surface area contributed by atoms with Crippen molar-refractivity contribution >= 4 is 46.9 Å². The Balaban J connectivity index is 1.66. The van der Waals surface area contributed by atoms with Crippen molar-refractivity contribution in [3.63, 3.8) is 0 Å². The van der Waals surface area contributed by atoms with Gasteiger partial charge in [-0.25, -0.2) is 0 Å². The summed E-state index contributed by atoms with van der Waals surface area (Å²) >= 11 is 11.9. The maximum Gasteiger partial charge on any atom is 0.224 e. The molecule has 10 heteroatoms. The Morgan fingerprint density at radius 2 is 1.84 bits per heavy atom. The summed E-state index contributed by atoms with van der Waals surface area (Å²) in [5.74, 6) is -0.383. The van der Waals surface area contributed by atoms with Gasteiger partial charge in [-0.3, -0.25) is 9.59 Å². The van der Waals surface area contributed by atoms with Gasteiger partial charge in [0, 0.05) is 35.4 Å². The van der Waals surface area contributed by atoms with Crippen molar-refractivity contribution in [2.75, 3.05) is 23.4 Å². The van der Waals surface area contributed by atoms with E-state index in [9.17, 15) is 24.9 Å². The standard InChI is InChI=1S/C27H29Cl2N3O5/c1-17(32(7-8-33)22-5-6-25(35)24(14-22)31-16-34)9-18-3-2-4-19(10-18)11-26(36)30-15-20-12-21(28)13-23(29)27(20)37/h2-6,10,12-14,16-17,33,35,37H,7-9,11,15H2,1H3,(H,30,36)(H,31,34)/t17-/m1/s1. The lowest BCUT2D eigenvalue weighted by Gasteiger charge is -2.31. The lowest BCUT2D eigenvalue weighted by Crippen LogP contribution is -2.37. The molecule has 1 atom stereocenters. The Morgan fingerprint density at radius 1 is 1.08 bits per heavy atom. The number of aromatic hydroxyl groups is 2. The maximum absolute atomic E-state index is 12.5. The third-order valence-corrected chi connectivity index (χ3v) is 6.38. The zero-order valence-corrected chi connectivity index (χ0v) is 21.8. The zero-order chi connectivity index (χ0) is 26.9. The highest BCUT2D eigenvalue weighted by Gasteiger charge is 2.17. The summed E-state index contributed by atoms with van der Waals surface area (Å²) in [5, 5.41) is 35.4. The quantitative estimate of drug-likeness (QED) is 0.171. The highest BCUT2D eigenvalue weighted by molar-refractivity contribution is 6.35. The van der Waals surface area contributed by atoms with Crippen molar-refractivity contribution in [1.29, 1.82) is 0 Å². The molecular formula is C27H29Cl2N3O5. The number of phenols is 2. The van der Waals surface area contributed by atoms with Crippen molar-refractivity contribution in [2.24, 2.45) is 0 Å². The molecule has 0 spiro atoms. The number of nitrogens with zero attached hydrogens (tertiary/aromatic N) is 1. The summed E-state index contributed by atoms with van der Waals surface area (Å²) in [6, 6.07) is 15.5. The Labute approximate surface area is 225 Å². The topological polar surface area (TPSA) is 122 Å². The summed E-state index contributed by atoms with van der Waals surface area (Å²) in [6.45, 7) is 2.38. The van der Waals surface area contributed by atoms with Crippen molar-refractivity contribution in [3.8, 4) is 11.5 Å². The van der Waals surface area contributed by atoms with Crippen LogP contribution in [-0.2, 0) is 29.0 Å². The number of hydrogen-bond donors (Lipinski definition) is 5. The molecule has 5 N–H and O–H groups in total. The van der Waals surface area contributed by atoms with Crippen LogP contribution in [0.3, 0.4) is 0 Å². The van der Waals surface area contributed by atoms with Crippen LogP contribution in [0, 0.1) is 0 Å². The van der Waals surface area contributed by atoms with Crippen LogP contribution in [0.4, 0.5) is 11.4 Å². The molecular weight excluding hydrogens is 517 g/mol. The molecule has 0 aromatic heterocycles. The van der Waals surface area contributed by atoms with E-state index in [1.807, 2.05) is 36.1 Å². The second kappa shape index (κ2) is 13.2. The van der Waals surface area contributed by atoms with Crippen LogP contribution in [0.25, 0.3) is 0 Å². The molecule has 0 aliphatic carbocycles. The average Bonchev–Trinajstić information content (AvgIpc) is 2.85. The Kier molecular flexibility index (Phi) is 10.0. The number of carbonyl (C=O) groups excluding carboxylic acids is 2. The average molecular weight is 546 g/mol. The molecule has 0 fully saturated rings. The second-order valence-electron chi connectivity index (χ2n) is 8.60. The molecule has 0 bridgehead atoms. The number of rotatable bonds is 12. The van der Waals surface area contributed by atoms with Gasteiger partial charge in [-0.05, 0) is 54.8 Å². The largest absolute Gasteiger partial charge is 0.506 e. The predicted octanol–water partition coefficient (Wildman–Crippen LogP) is 4.26. The van der Waals surface area contributed by atoms with Gasteiger partial charge >= 0.3 is 0 Å². The van der Waals surface area contributed by atoms with E-state index in [-0.39, 0.29) is 53.7 Å². The number of phenolic OH excluding ortho intramolecular Hbond substituents is 2. The minimum atomic E-state index is -0.220. The van der Waals surface area contributed by atoms with Gasteiger partial charge < -0.3 is 30.9 Å². The summed E-state index contributed by atoms with van der Waals surface area (Å²) in [6.07, 6.45) is 1.27. The number of aliphatic hydroxyl groups excluding tert-OH is 1. The molecule has 37 heavy (non-hydrogen) atoms. The van der Waals surface area contributed by atoms with Gasteiger partial charge in [0.25, 0.3) is 0 Å². The van der Waals surface area contributed by atoms with E-state index < -0.39 is 0 Å². The molecule has 196 valence electrons. The van der Waals surface area contributed by atoms with Crippen LogP contribution in [0.1, 0.15) is 23.6 Å². The normalized spacial score (nSPS) is 11.6. The summed E-state index contributed by atoms with van der Waals surface area (Å²) < 4.78 is 0. The van der Waals surface area contributed by atoms with Crippen LogP contribution in [0.5, 0.6) is 11.5 Å². The fourth-order valence-corrected chi connectivity index (χ4v) is 4.64. The monoisotopic (exact) mass is 545 g/mol. The molecule has 3 rings (SSSR count). The highest BCUT2D eigenvalue weighted by atomic mass is 35.5. The zero-order valence-electron chi connectivity index (χ0n) is 20.2. The van der Waals surface area contributed by atoms with Gasteiger partial charge in [-0.2, -0.15) is 0 Å². The van der Waals surface area contributed by atoms with E-state index in [0.29, 0.717) is 30.0 Å². The van der Waals surface area contributed by atoms with Crippen LogP contribution in [0.15, 0.2) is 54.6 Å². The highest BCUT2D eigenvalue weighted by Crippen LogP contribution is 2.31. The number of anilines is 2. The van der Waals surface area contributed by atoms with Crippen molar-refractivity contribution < 1.29 is 24.9 Å². The number of carbonyl (C=O) groups is 2. The maximum atomic E-state index is 12.5. The Hall–Kier alpha value is -3.46. The Morgan fingerprint density at radius 3 is 2.57 bits per heavy atom. The molecule has 0 aliphatic heterocycles. The number of aliphatic hydroxyl groups is 1. The van der Waals surface area contributed by atoms with E-state index in [2.05, 4.69) is 10.6 Å². The predicted molar refractivity (Wildman–Crippen MR) is 146 cm³/mol. The van der Waals surface area contributed by atoms with E-state index in [4.69, 9.17) is 23.2 Å². The first-order valence-electron chi connectivity index (χ1n) is 11.6. The van der Waals surface area contributed by atoms with Gasteiger partial charge in [0.1, 0.15) is 11.5 Å². The smallest absolute Gasteiger partial charge is 0.224 e. The molecule has 0 heterocycles. The summed E-state index contributed by atoms with van der Waals surface area (Å²) in [5.41, 5.74) is 3.28. The SMILES string of the molecule is C[C@H](Cc1cccc(CC(=O)NCc2cc(Cl)cc(Cl)c2O)c1)N(CCO)c1ccc(O)c(NC=O)c1. The third kappa shape index (κ3) is 7.76. The van der Waals surface area contributed by atoms with E-state index in [1.54, 1.807) is 18.2 Å². The summed E-state index contributed by atoms with van der Waals surface area (Å²) in [7, 11) is 0. The first-order valence-corrected chi connectivity index (χ1v) is 12.4. The van der Waals surface area contributed by atoms with Crippen molar-refractivity contribution in [2.45, 2.75) is 32.4 Å². The summed E-state index contributed by atoms with van der Waals surface area (Å²) in [4.78, 5) is 25.4.